The number of rotatable bonds is 6. The molecule has 0 saturated carbocycles. The number of hydrazone groups is 1. The van der Waals surface area contributed by atoms with Gasteiger partial charge in [0.2, 0.25) is 5.90 Å². The smallest absolute Gasteiger partial charge is 0.246 e. The van der Waals surface area contributed by atoms with E-state index >= 15 is 0 Å². The second-order valence-corrected chi connectivity index (χ2v) is 8.70. The van der Waals surface area contributed by atoms with E-state index in [1.54, 1.807) is 6.34 Å². The lowest BCUT2D eigenvalue weighted by Gasteiger charge is -2.26. The summed E-state index contributed by atoms with van der Waals surface area (Å²) in [6.07, 6.45) is 6.69. The van der Waals surface area contributed by atoms with Crippen LogP contribution in [0.1, 0.15) is 38.3 Å². The van der Waals surface area contributed by atoms with Crippen molar-refractivity contribution in [1.29, 1.82) is 0 Å². The lowest BCUT2D eigenvalue weighted by Crippen LogP contribution is -2.31. The zero-order valence-corrected chi connectivity index (χ0v) is 18.4. The van der Waals surface area contributed by atoms with E-state index < -0.39 is 0 Å². The van der Waals surface area contributed by atoms with Gasteiger partial charge in [-0.05, 0) is 76.0 Å². The van der Waals surface area contributed by atoms with Crippen molar-refractivity contribution in [3.63, 3.8) is 0 Å². The summed E-state index contributed by atoms with van der Waals surface area (Å²) in [5, 5.41) is 7.51. The Morgan fingerprint density at radius 2 is 2.00 bits per heavy atom. The number of hydrogen-bond donors (Lipinski definition) is 1. The molecule has 0 radical (unpaired) electrons. The number of aryl methyl sites for hydroxylation is 1. The molecule has 1 atom stereocenters. The summed E-state index contributed by atoms with van der Waals surface area (Å²) < 4.78 is 12.4. The summed E-state index contributed by atoms with van der Waals surface area (Å²) in [6, 6.07) is 8.16. The molecule has 1 N–H and O–H groups in total. The van der Waals surface area contributed by atoms with Crippen LogP contribution in [-0.4, -0.2) is 66.0 Å². The van der Waals surface area contributed by atoms with Crippen LogP contribution < -0.4 is 4.74 Å². The highest BCUT2D eigenvalue weighted by atomic mass is 16.5. The zero-order chi connectivity index (χ0) is 21.2. The summed E-state index contributed by atoms with van der Waals surface area (Å²) in [7, 11) is 0. The van der Waals surface area contributed by atoms with E-state index in [1.807, 2.05) is 23.2 Å². The standard InChI is InChI=1S/C24H31N5O2/c1-17-13-19-14-20(7-8-21(19)27-17)31-24-23-18(2)22(15-29(23)26-16-25-24)30-12-6-11-28-9-4-3-5-10-28/h7-8,13-14,16,22,27H,3-6,9-12,15H2,1-2H3. The summed E-state index contributed by atoms with van der Waals surface area (Å²) in [5.41, 5.74) is 4.30. The molecule has 0 amide bonds. The van der Waals surface area contributed by atoms with Gasteiger partial charge in [0.15, 0.2) is 0 Å². The Bertz CT molecular complexity index is 1030. The molecule has 4 heterocycles. The van der Waals surface area contributed by atoms with Gasteiger partial charge in [0.25, 0.3) is 0 Å². The van der Waals surface area contributed by atoms with Crippen LogP contribution in [0.3, 0.4) is 0 Å². The van der Waals surface area contributed by atoms with Crippen molar-refractivity contribution < 1.29 is 9.47 Å². The summed E-state index contributed by atoms with van der Waals surface area (Å²) >= 11 is 0. The van der Waals surface area contributed by atoms with E-state index in [1.165, 1.54) is 32.4 Å². The van der Waals surface area contributed by atoms with Gasteiger partial charge in [-0.1, -0.05) is 6.42 Å². The third-order valence-electron chi connectivity index (χ3n) is 6.35. The van der Waals surface area contributed by atoms with E-state index in [0.29, 0.717) is 12.4 Å². The van der Waals surface area contributed by atoms with Crippen molar-refractivity contribution >= 4 is 23.1 Å². The number of aromatic amines is 1. The molecule has 2 aromatic rings. The molecular formula is C24H31N5O2. The number of nitrogens with zero attached hydrogens (tertiary/aromatic N) is 4. The highest BCUT2D eigenvalue weighted by Crippen LogP contribution is 2.30. The van der Waals surface area contributed by atoms with Gasteiger partial charge in [-0.25, -0.2) is 0 Å². The van der Waals surface area contributed by atoms with Crippen LogP contribution in [0, 0.1) is 6.92 Å². The fraction of sp³-hybridized carbons (Fsp3) is 0.500. The van der Waals surface area contributed by atoms with Crippen molar-refractivity contribution in [1.82, 2.24) is 14.9 Å². The highest BCUT2D eigenvalue weighted by Gasteiger charge is 2.35. The van der Waals surface area contributed by atoms with E-state index in [-0.39, 0.29) is 6.10 Å². The molecule has 7 nitrogen and oxygen atoms in total. The molecular weight excluding hydrogens is 390 g/mol. The number of fused-ring (bicyclic) bond motifs is 2. The van der Waals surface area contributed by atoms with Crippen molar-refractivity contribution in [2.45, 2.75) is 45.6 Å². The average molecular weight is 422 g/mol. The molecule has 1 saturated heterocycles. The minimum Gasteiger partial charge on any atom is -0.437 e. The molecule has 3 aliphatic rings. The summed E-state index contributed by atoms with van der Waals surface area (Å²) in [5.74, 6) is 1.35. The first-order valence-electron chi connectivity index (χ1n) is 11.4. The van der Waals surface area contributed by atoms with Gasteiger partial charge < -0.3 is 19.4 Å². The van der Waals surface area contributed by atoms with Crippen LogP contribution >= 0.6 is 0 Å². The lowest BCUT2D eigenvalue weighted by molar-refractivity contribution is 0.0628. The molecule has 0 spiro atoms. The normalized spacial score (nSPS) is 21.7. The maximum absolute atomic E-state index is 6.24. The molecule has 164 valence electrons. The average Bonchev–Trinajstić information content (AvgIpc) is 3.31. The first kappa shape index (κ1) is 20.3. The minimum absolute atomic E-state index is 0.0233. The minimum atomic E-state index is 0.0233. The molecule has 1 aromatic carbocycles. The van der Waals surface area contributed by atoms with Crippen molar-refractivity contribution in [2.75, 3.05) is 32.8 Å². The summed E-state index contributed by atoms with van der Waals surface area (Å²) in [4.78, 5) is 10.3. The number of H-pyrrole nitrogens is 1. The number of ether oxygens (including phenoxy) is 2. The Labute approximate surface area is 183 Å². The van der Waals surface area contributed by atoms with Crippen LogP contribution in [0.4, 0.5) is 0 Å². The topological polar surface area (TPSA) is 65.4 Å². The molecule has 1 fully saturated rings. The summed E-state index contributed by atoms with van der Waals surface area (Å²) in [6.45, 7) is 9.23. The van der Waals surface area contributed by atoms with Crippen molar-refractivity contribution in [2.24, 2.45) is 10.1 Å². The number of aromatic nitrogens is 1. The number of hydrogen-bond acceptors (Lipinski definition) is 6. The molecule has 1 unspecified atom stereocenters. The third kappa shape index (κ3) is 4.38. The van der Waals surface area contributed by atoms with Gasteiger partial charge in [0.1, 0.15) is 23.9 Å². The fourth-order valence-electron chi connectivity index (χ4n) is 4.71. The molecule has 3 aliphatic heterocycles. The second-order valence-electron chi connectivity index (χ2n) is 8.70. The van der Waals surface area contributed by atoms with Gasteiger partial charge in [0.05, 0.1) is 6.54 Å². The predicted octanol–water partition coefficient (Wildman–Crippen LogP) is 4.06. The van der Waals surface area contributed by atoms with Crippen LogP contribution in [0.2, 0.25) is 0 Å². The van der Waals surface area contributed by atoms with Gasteiger partial charge in [-0.3, -0.25) is 5.01 Å². The van der Waals surface area contributed by atoms with Gasteiger partial charge in [-0.2, -0.15) is 10.1 Å². The quantitative estimate of drug-likeness (QED) is 0.715. The maximum atomic E-state index is 6.24. The fourth-order valence-corrected chi connectivity index (χ4v) is 4.71. The van der Waals surface area contributed by atoms with Crippen LogP contribution in [0.5, 0.6) is 5.75 Å². The molecule has 7 heteroatoms. The van der Waals surface area contributed by atoms with E-state index in [4.69, 9.17) is 9.47 Å². The zero-order valence-electron chi connectivity index (χ0n) is 18.4. The van der Waals surface area contributed by atoms with Crippen molar-refractivity contribution in [3.8, 4) is 5.75 Å². The van der Waals surface area contributed by atoms with E-state index in [0.717, 1.165) is 53.2 Å². The Morgan fingerprint density at radius 3 is 2.87 bits per heavy atom. The highest BCUT2D eigenvalue weighted by molar-refractivity contribution is 6.01. The number of benzene rings is 1. The van der Waals surface area contributed by atoms with Gasteiger partial charge in [0, 0.05) is 29.7 Å². The maximum Gasteiger partial charge on any atom is 0.246 e. The molecule has 1 aromatic heterocycles. The molecule has 31 heavy (non-hydrogen) atoms. The Hall–Kier alpha value is -2.64. The monoisotopic (exact) mass is 421 g/mol. The van der Waals surface area contributed by atoms with Crippen LogP contribution in [-0.2, 0) is 4.74 Å². The Kier molecular flexibility index (Phi) is 5.78. The first-order valence-corrected chi connectivity index (χ1v) is 11.4. The predicted molar refractivity (Wildman–Crippen MR) is 124 cm³/mol. The van der Waals surface area contributed by atoms with E-state index in [9.17, 15) is 0 Å². The Morgan fingerprint density at radius 1 is 1.13 bits per heavy atom. The van der Waals surface area contributed by atoms with Crippen LogP contribution in [0.25, 0.3) is 10.9 Å². The van der Waals surface area contributed by atoms with E-state index in [2.05, 4.69) is 39.9 Å². The first-order chi connectivity index (χ1) is 15.2. The molecule has 5 rings (SSSR count). The van der Waals surface area contributed by atoms with Crippen LogP contribution in [0.15, 0.2) is 45.6 Å². The SMILES string of the molecule is CC1=C2C(Oc3ccc4[nH]c(C)cc4c3)=NC=NN2CC1OCCCN1CCCCC1. The largest absolute Gasteiger partial charge is 0.437 e. The lowest BCUT2D eigenvalue weighted by atomic mass is 10.1. The van der Waals surface area contributed by atoms with Gasteiger partial charge >= 0.3 is 0 Å². The number of aliphatic imine (C=N–C) groups is 1. The van der Waals surface area contributed by atoms with Gasteiger partial charge in [-0.15, -0.1) is 0 Å². The molecule has 0 aliphatic carbocycles. The Balaban J connectivity index is 1.22. The number of likely N-dealkylation sites (tertiary alicyclic amines) is 1. The number of piperidine rings is 1. The molecule has 0 bridgehead atoms. The second kappa shape index (κ2) is 8.85. The number of nitrogens with one attached hydrogen (secondary N) is 1. The third-order valence-corrected chi connectivity index (χ3v) is 6.35. The van der Waals surface area contributed by atoms with Crippen molar-refractivity contribution in [3.05, 3.63) is 41.2 Å².